The van der Waals surface area contributed by atoms with Gasteiger partial charge in [-0.15, -0.1) is 5.10 Å². The van der Waals surface area contributed by atoms with Crippen molar-refractivity contribution in [3.05, 3.63) is 42.6 Å². The molecule has 22 heavy (non-hydrogen) atoms. The quantitative estimate of drug-likeness (QED) is 0.550. The molecule has 0 aliphatic carbocycles. The third kappa shape index (κ3) is 1.91. The minimum absolute atomic E-state index is 0.590. The Labute approximate surface area is 125 Å². The molecule has 7 nitrogen and oxygen atoms in total. The van der Waals surface area contributed by atoms with E-state index in [9.17, 15) is 0 Å². The van der Waals surface area contributed by atoms with Crippen molar-refractivity contribution in [3.63, 3.8) is 0 Å². The number of nitrogens with two attached hydrogens (primary N) is 1. The summed E-state index contributed by atoms with van der Waals surface area (Å²) < 4.78 is 1.85. The van der Waals surface area contributed by atoms with Gasteiger partial charge in [0, 0.05) is 23.7 Å². The minimum atomic E-state index is 0.590. The molecule has 2 heterocycles. The maximum Gasteiger partial charge on any atom is 0.180 e. The number of nitrogens with one attached hydrogen (secondary N) is 1. The second kappa shape index (κ2) is 4.66. The smallest absolute Gasteiger partial charge is 0.180 e. The second-order valence-corrected chi connectivity index (χ2v) is 5.10. The van der Waals surface area contributed by atoms with Gasteiger partial charge in [0.2, 0.25) is 0 Å². The lowest BCUT2D eigenvalue weighted by Gasteiger charge is -2.09. The van der Waals surface area contributed by atoms with Crippen molar-refractivity contribution >= 4 is 16.6 Å². The van der Waals surface area contributed by atoms with Crippen molar-refractivity contribution in [3.8, 4) is 22.5 Å². The van der Waals surface area contributed by atoms with Crippen molar-refractivity contribution in [1.29, 1.82) is 0 Å². The molecule has 2 aromatic carbocycles. The standard InChI is InChI=1S/C15H13N7/c1-22-14-6-9(2-3-10(14)8-17-22)12-5-4-11(16)7-13(12)15-18-20-21-19-15/h2-8H,16H2,1H3,(H,18,19,20,21). The second-order valence-electron chi connectivity index (χ2n) is 5.10. The molecule has 0 atom stereocenters. The Morgan fingerprint density at radius 2 is 2.00 bits per heavy atom. The Morgan fingerprint density at radius 1 is 1.09 bits per heavy atom. The van der Waals surface area contributed by atoms with E-state index in [0.29, 0.717) is 11.5 Å². The maximum atomic E-state index is 5.91. The van der Waals surface area contributed by atoms with E-state index in [1.165, 1.54) is 0 Å². The van der Waals surface area contributed by atoms with E-state index >= 15 is 0 Å². The number of hydrogen-bond acceptors (Lipinski definition) is 5. The third-order valence-electron chi connectivity index (χ3n) is 3.70. The highest BCUT2D eigenvalue weighted by atomic mass is 15.5. The van der Waals surface area contributed by atoms with Gasteiger partial charge in [-0.2, -0.15) is 5.10 Å². The van der Waals surface area contributed by atoms with E-state index in [0.717, 1.165) is 27.6 Å². The van der Waals surface area contributed by atoms with Crippen molar-refractivity contribution in [2.45, 2.75) is 0 Å². The Bertz CT molecular complexity index is 953. The van der Waals surface area contributed by atoms with E-state index < -0.39 is 0 Å². The number of anilines is 1. The molecule has 0 spiro atoms. The summed E-state index contributed by atoms with van der Waals surface area (Å²) in [7, 11) is 1.93. The number of aromatic nitrogens is 6. The number of hydrogen-bond donors (Lipinski definition) is 2. The highest BCUT2D eigenvalue weighted by molar-refractivity contribution is 5.89. The zero-order valence-electron chi connectivity index (χ0n) is 11.9. The van der Waals surface area contributed by atoms with Crippen LogP contribution >= 0.6 is 0 Å². The fraction of sp³-hybridized carbons (Fsp3) is 0.0667. The molecule has 3 N–H and O–H groups in total. The first-order chi connectivity index (χ1) is 10.7. The summed E-state index contributed by atoms with van der Waals surface area (Å²) in [4.78, 5) is 0. The summed E-state index contributed by atoms with van der Waals surface area (Å²) in [5, 5.41) is 19.4. The van der Waals surface area contributed by atoms with Gasteiger partial charge in [-0.1, -0.05) is 18.2 Å². The fourth-order valence-electron chi connectivity index (χ4n) is 2.59. The van der Waals surface area contributed by atoms with Gasteiger partial charge in [-0.05, 0) is 39.8 Å². The van der Waals surface area contributed by atoms with E-state index in [-0.39, 0.29) is 0 Å². The average Bonchev–Trinajstić information content (AvgIpc) is 3.17. The van der Waals surface area contributed by atoms with E-state index in [2.05, 4.69) is 43.9 Å². The van der Waals surface area contributed by atoms with Crippen molar-refractivity contribution in [2.24, 2.45) is 7.05 Å². The van der Waals surface area contributed by atoms with Crippen LogP contribution in [-0.4, -0.2) is 30.4 Å². The van der Waals surface area contributed by atoms with Gasteiger partial charge in [0.05, 0.1) is 11.7 Å². The van der Waals surface area contributed by atoms with Gasteiger partial charge < -0.3 is 5.73 Å². The minimum Gasteiger partial charge on any atom is -0.399 e. The Balaban J connectivity index is 1.96. The normalized spacial score (nSPS) is 11.1. The molecule has 0 unspecified atom stereocenters. The van der Waals surface area contributed by atoms with Gasteiger partial charge in [-0.25, -0.2) is 5.10 Å². The Kier molecular flexibility index (Phi) is 2.65. The molecule has 0 aliphatic rings. The lowest BCUT2D eigenvalue weighted by Crippen LogP contribution is -1.93. The van der Waals surface area contributed by atoms with E-state index in [1.807, 2.05) is 36.1 Å². The van der Waals surface area contributed by atoms with Gasteiger partial charge in [0.25, 0.3) is 0 Å². The largest absolute Gasteiger partial charge is 0.399 e. The SMILES string of the molecule is Cn1ncc2ccc(-c3ccc(N)cc3-c3nnn[nH]3)cc21. The fourth-order valence-corrected chi connectivity index (χ4v) is 2.59. The molecule has 0 saturated heterocycles. The molecule has 108 valence electrons. The third-order valence-corrected chi connectivity index (χ3v) is 3.70. The summed E-state index contributed by atoms with van der Waals surface area (Å²) >= 11 is 0. The number of aromatic amines is 1. The van der Waals surface area contributed by atoms with Crippen LogP contribution in [0.25, 0.3) is 33.4 Å². The number of nitrogens with zero attached hydrogens (tertiary/aromatic N) is 5. The van der Waals surface area contributed by atoms with Crippen LogP contribution in [0.2, 0.25) is 0 Å². The lowest BCUT2D eigenvalue weighted by atomic mass is 9.98. The summed E-state index contributed by atoms with van der Waals surface area (Å²) in [6.07, 6.45) is 1.85. The van der Waals surface area contributed by atoms with Crippen LogP contribution in [-0.2, 0) is 7.05 Å². The van der Waals surface area contributed by atoms with E-state index in [1.54, 1.807) is 0 Å². The molecule has 0 saturated carbocycles. The van der Waals surface area contributed by atoms with Crippen LogP contribution < -0.4 is 5.73 Å². The number of H-pyrrole nitrogens is 1. The summed E-state index contributed by atoms with van der Waals surface area (Å²) in [5.74, 6) is 0.590. The van der Waals surface area contributed by atoms with E-state index in [4.69, 9.17) is 5.73 Å². The van der Waals surface area contributed by atoms with Crippen LogP contribution in [0, 0.1) is 0 Å². The van der Waals surface area contributed by atoms with Crippen LogP contribution in [0.4, 0.5) is 5.69 Å². The molecule has 4 aromatic rings. The molecule has 0 bridgehead atoms. The molecular weight excluding hydrogens is 278 g/mol. The predicted octanol–water partition coefficient (Wildman–Crippen LogP) is 2.00. The average molecular weight is 291 g/mol. The molecule has 2 aromatic heterocycles. The molecule has 0 amide bonds. The first-order valence-corrected chi connectivity index (χ1v) is 6.78. The van der Waals surface area contributed by atoms with Gasteiger partial charge in [-0.3, -0.25) is 4.68 Å². The number of aryl methyl sites for hydroxylation is 1. The molecule has 4 rings (SSSR count). The summed E-state index contributed by atoms with van der Waals surface area (Å²) in [6.45, 7) is 0. The van der Waals surface area contributed by atoms with Crippen molar-refractivity contribution in [2.75, 3.05) is 5.73 Å². The van der Waals surface area contributed by atoms with Crippen molar-refractivity contribution in [1.82, 2.24) is 30.4 Å². The van der Waals surface area contributed by atoms with Gasteiger partial charge in [0.15, 0.2) is 5.82 Å². The number of benzene rings is 2. The van der Waals surface area contributed by atoms with Crippen LogP contribution in [0.1, 0.15) is 0 Å². The zero-order chi connectivity index (χ0) is 15.1. The number of nitrogen functional groups attached to an aromatic ring is 1. The summed E-state index contributed by atoms with van der Waals surface area (Å²) in [6, 6.07) is 11.9. The first kappa shape index (κ1) is 12.5. The molecular formula is C15H13N7. The topological polar surface area (TPSA) is 98.3 Å². The molecule has 0 fully saturated rings. The highest BCUT2D eigenvalue weighted by Gasteiger charge is 2.12. The Hall–Kier alpha value is -3.22. The van der Waals surface area contributed by atoms with Crippen molar-refractivity contribution < 1.29 is 0 Å². The highest BCUT2D eigenvalue weighted by Crippen LogP contribution is 2.33. The molecule has 0 aliphatic heterocycles. The maximum absolute atomic E-state index is 5.91. The van der Waals surface area contributed by atoms with Crippen LogP contribution in [0.15, 0.2) is 42.6 Å². The van der Waals surface area contributed by atoms with Crippen LogP contribution in [0.5, 0.6) is 0 Å². The Morgan fingerprint density at radius 3 is 2.82 bits per heavy atom. The lowest BCUT2D eigenvalue weighted by molar-refractivity contribution is 0.797. The summed E-state index contributed by atoms with van der Waals surface area (Å²) in [5.41, 5.74) is 10.6. The van der Waals surface area contributed by atoms with Gasteiger partial charge >= 0.3 is 0 Å². The number of fused-ring (bicyclic) bond motifs is 1. The first-order valence-electron chi connectivity index (χ1n) is 6.78. The molecule has 7 heteroatoms. The van der Waals surface area contributed by atoms with Gasteiger partial charge in [0.1, 0.15) is 0 Å². The van der Waals surface area contributed by atoms with Crippen LogP contribution in [0.3, 0.4) is 0 Å². The molecule has 0 radical (unpaired) electrons. The predicted molar refractivity (Wildman–Crippen MR) is 83.7 cm³/mol. The monoisotopic (exact) mass is 291 g/mol. The number of tetrazole rings is 1. The number of rotatable bonds is 2. The zero-order valence-corrected chi connectivity index (χ0v) is 11.9.